The van der Waals surface area contributed by atoms with Crippen LogP contribution in [0.15, 0.2) is 54.7 Å². The van der Waals surface area contributed by atoms with E-state index in [2.05, 4.69) is 48.9 Å². The molecule has 0 radical (unpaired) electrons. The van der Waals surface area contributed by atoms with Crippen molar-refractivity contribution in [3.63, 3.8) is 0 Å². The molecule has 3 rings (SSSR count). The molecule has 0 spiro atoms. The SMILES string of the molecule is COc1ccc(-c2ccccc2)c(-c2ncc(C(C)(C)C)[nH]2)c1. The Morgan fingerprint density at radius 1 is 0.957 bits per heavy atom. The Hall–Kier alpha value is -2.55. The van der Waals surface area contributed by atoms with Crippen molar-refractivity contribution >= 4 is 0 Å². The summed E-state index contributed by atoms with van der Waals surface area (Å²) < 4.78 is 5.40. The summed E-state index contributed by atoms with van der Waals surface area (Å²) in [5.74, 6) is 1.70. The molecule has 1 aromatic heterocycles. The lowest BCUT2D eigenvalue weighted by Crippen LogP contribution is -2.11. The monoisotopic (exact) mass is 306 g/mol. The molecular weight excluding hydrogens is 284 g/mol. The highest BCUT2D eigenvalue weighted by molar-refractivity contribution is 5.81. The van der Waals surface area contributed by atoms with Crippen molar-refractivity contribution in [1.82, 2.24) is 9.97 Å². The zero-order valence-electron chi connectivity index (χ0n) is 14.1. The molecule has 1 heterocycles. The van der Waals surface area contributed by atoms with Gasteiger partial charge in [0.1, 0.15) is 11.6 Å². The Balaban J connectivity index is 2.15. The molecule has 0 aliphatic heterocycles. The minimum Gasteiger partial charge on any atom is -0.497 e. The molecular formula is C20H22N2O. The Bertz CT molecular complexity index is 798. The maximum absolute atomic E-state index is 5.40. The summed E-state index contributed by atoms with van der Waals surface area (Å²) in [5, 5.41) is 0. The van der Waals surface area contributed by atoms with Gasteiger partial charge in [-0.15, -0.1) is 0 Å². The molecule has 0 saturated heterocycles. The molecule has 3 heteroatoms. The van der Waals surface area contributed by atoms with Gasteiger partial charge in [0.05, 0.1) is 7.11 Å². The lowest BCUT2D eigenvalue weighted by atomic mass is 9.93. The van der Waals surface area contributed by atoms with Crippen LogP contribution < -0.4 is 4.74 Å². The van der Waals surface area contributed by atoms with Crippen LogP contribution in [0.1, 0.15) is 26.5 Å². The van der Waals surface area contributed by atoms with E-state index in [1.165, 1.54) is 5.56 Å². The molecule has 2 aromatic carbocycles. The minimum absolute atomic E-state index is 0.0387. The number of nitrogens with zero attached hydrogens (tertiary/aromatic N) is 1. The van der Waals surface area contributed by atoms with Gasteiger partial charge in [-0.05, 0) is 29.3 Å². The summed E-state index contributed by atoms with van der Waals surface area (Å²) >= 11 is 0. The van der Waals surface area contributed by atoms with E-state index in [0.717, 1.165) is 28.4 Å². The number of H-pyrrole nitrogens is 1. The van der Waals surface area contributed by atoms with Crippen molar-refractivity contribution in [2.24, 2.45) is 0 Å². The Morgan fingerprint density at radius 2 is 1.70 bits per heavy atom. The predicted molar refractivity (Wildman–Crippen MR) is 94.7 cm³/mol. The second-order valence-corrected chi connectivity index (χ2v) is 6.67. The van der Waals surface area contributed by atoms with E-state index >= 15 is 0 Å². The highest BCUT2D eigenvalue weighted by Crippen LogP contribution is 2.34. The van der Waals surface area contributed by atoms with Crippen LogP contribution in [0, 0.1) is 0 Å². The fourth-order valence-electron chi connectivity index (χ4n) is 2.55. The first-order valence-electron chi connectivity index (χ1n) is 7.78. The van der Waals surface area contributed by atoms with Crippen molar-refractivity contribution in [3.05, 3.63) is 60.4 Å². The third kappa shape index (κ3) is 3.14. The van der Waals surface area contributed by atoms with Gasteiger partial charge in [-0.2, -0.15) is 0 Å². The van der Waals surface area contributed by atoms with Gasteiger partial charge in [-0.3, -0.25) is 0 Å². The number of methoxy groups -OCH3 is 1. The van der Waals surface area contributed by atoms with Gasteiger partial charge in [0.25, 0.3) is 0 Å². The van der Waals surface area contributed by atoms with Crippen molar-refractivity contribution in [3.8, 4) is 28.3 Å². The Morgan fingerprint density at radius 3 is 2.30 bits per heavy atom. The van der Waals surface area contributed by atoms with Crippen LogP contribution in [-0.2, 0) is 5.41 Å². The van der Waals surface area contributed by atoms with Gasteiger partial charge in [0, 0.05) is 22.9 Å². The average molecular weight is 306 g/mol. The first-order valence-corrected chi connectivity index (χ1v) is 7.78. The Labute approximate surface area is 137 Å². The average Bonchev–Trinajstić information content (AvgIpc) is 3.05. The van der Waals surface area contributed by atoms with Gasteiger partial charge in [-0.1, -0.05) is 51.1 Å². The molecule has 23 heavy (non-hydrogen) atoms. The van der Waals surface area contributed by atoms with E-state index in [-0.39, 0.29) is 5.41 Å². The zero-order valence-corrected chi connectivity index (χ0v) is 14.1. The topological polar surface area (TPSA) is 37.9 Å². The number of hydrogen-bond acceptors (Lipinski definition) is 2. The number of imidazole rings is 1. The summed E-state index contributed by atoms with van der Waals surface area (Å²) in [7, 11) is 1.68. The van der Waals surface area contributed by atoms with Crippen LogP contribution in [0.25, 0.3) is 22.5 Å². The smallest absolute Gasteiger partial charge is 0.138 e. The van der Waals surface area contributed by atoms with E-state index in [9.17, 15) is 0 Å². The van der Waals surface area contributed by atoms with E-state index in [4.69, 9.17) is 4.74 Å². The fraction of sp³-hybridized carbons (Fsp3) is 0.250. The fourth-order valence-corrected chi connectivity index (χ4v) is 2.55. The number of ether oxygens (including phenoxy) is 1. The maximum atomic E-state index is 5.40. The summed E-state index contributed by atoms with van der Waals surface area (Å²) in [6.07, 6.45) is 1.92. The second kappa shape index (κ2) is 5.92. The standard InChI is InChI=1S/C20H22N2O/c1-20(2,3)18-13-21-19(22-18)17-12-15(23-4)10-11-16(17)14-8-6-5-7-9-14/h5-13H,1-4H3,(H,21,22). The quantitative estimate of drug-likeness (QED) is 0.735. The molecule has 0 fully saturated rings. The van der Waals surface area contributed by atoms with Gasteiger partial charge in [-0.25, -0.2) is 4.98 Å². The molecule has 0 atom stereocenters. The van der Waals surface area contributed by atoms with E-state index in [0.29, 0.717) is 0 Å². The number of nitrogens with one attached hydrogen (secondary N) is 1. The van der Waals surface area contributed by atoms with Crippen molar-refractivity contribution < 1.29 is 4.74 Å². The number of rotatable bonds is 3. The molecule has 0 amide bonds. The lowest BCUT2D eigenvalue weighted by Gasteiger charge is -2.15. The van der Waals surface area contributed by atoms with Crippen molar-refractivity contribution in [2.75, 3.05) is 7.11 Å². The first kappa shape index (κ1) is 15.3. The predicted octanol–water partition coefficient (Wildman–Crippen LogP) is 5.05. The Kier molecular flexibility index (Phi) is 3.95. The minimum atomic E-state index is 0.0387. The lowest BCUT2D eigenvalue weighted by molar-refractivity contribution is 0.415. The van der Waals surface area contributed by atoms with Crippen LogP contribution in [0.4, 0.5) is 0 Å². The molecule has 0 saturated carbocycles. The van der Waals surface area contributed by atoms with Gasteiger partial charge in [0.2, 0.25) is 0 Å². The van der Waals surface area contributed by atoms with E-state index < -0.39 is 0 Å². The number of aromatic amines is 1. The summed E-state index contributed by atoms with van der Waals surface area (Å²) in [4.78, 5) is 8.07. The molecule has 0 bridgehead atoms. The van der Waals surface area contributed by atoms with Crippen molar-refractivity contribution in [2.45, 2.75) is 26.2 Å². The molecule has 1 N–H and O–H groups in total. The molecule has 3 nitrogen and oxygen atoms in total. The van der Waals surface area contributed by atoms with Crippen LogP contribution in [-0.4, -0.2) is 17.1 Å². The van der Waals surface area contributed by atoms with Crippen LogP contribution >= 0.6 is 0 Å². The normalized spacial score (nSPS) is 11.5. The molecule has 3 aromatic rings. The summed E-state index contributed by atoms with van der Waals surface area (Å²) in [5.41, 5.74) is 4.51. The van der Waals surface area contributed by atoms with E-state index in [1.807, 2.05) is 36.5 Å². The maximum Gasteiger partial charge on any atom is 0.138 e. The van der Waals surface area contributed by atoms with Gasteiger partial charge in [0.15, 0.2) is 0 Å². The van der Waals surface area contributed by atoms with Gasteiger partial charge >= 0.3 is 0 Å². The highest BCUT2D eigenvalue weighted by Gasteiger charge is 2.18. The third-order valence-corrected chi connectivity index (χ3v) is 3.95. The van der Waals surface area contributed by atoms with Crippen LogP contribution in [0.3, 0.4) is 0 Å². The second-order valence-electron chi connectivity index (χ2n) is 6.67. The first-order chi connectivity index (χ1) is 11.0. The number of hydrogen-bond donors (Lipinski definition) is 1. The highest BCUT2D eigenvalue weighted by atomic mass is 16.5. The summed E-state index contributed by atoms with van der Waals surface area (Å²) in [6.45, 7) is 6.52. The van der Waals surface area contributed by atoms with Gasteiger partial charge < -0.3 is 9.72 Å². The number of benzene rings is 2. The number of aromatic nitrogens is 2. The largest absolute Gasteiger partial charge is 0.497 e. The molecule has 118 valence electrons. The molecule has 0 unspecified atom stereocenters. The zero-order chi connectivity index (χ0) is 16.4. The van der Waals surface area contributed by atoms with Crippen LogP contribution in [0.5, 0.6) is 5.75 Å². The molecule has 0 aliphatic carbocycles. The van der Waals surface area contributed by atoms with Crippen LogP contribution in [0.2, 0.25) is 0 Å². The summed E-state index contributed by atoms with van der Waals surface area (Å²) in [6, 6.07) is 16.4. The van der Waals surface area contributed by atoms with Crippen molar-refractivity contribution in [1.29, 1.82) is 0 Å². The molecule has 0 aliphatic rings. The third-order valence-electron chi connectivity index (χ3n) is 3.95. The van der Waals surface area contributed by atoms with E-state index in [1.54, 1.807) is 7.11 Å².